The quantitative estimate of drug-likeness (QED) is 0.485. The van der Waals surface area contributed by atoms with E-state index in [0.29, 0.717) is 27.3 Å². The standard InChI is InChI=1S/C20H22N6O5S/c1-10(2)30-19(29)16-11(3)22-20(32-16)25-15(27)8-9-21-18(28)14-7-5-6-13(24-14)17-23-12(4)31-26-17/h5-7,10H,8-9H2,1-4H3,(H,21,28)(H,22,25,27). The van der Waals surface area contributed by atoms with Crippen molar-refractivity contribution in [3.05, 3.63) is 40.4 Å². The number of ether oxygens (including phenoxy) is 1. The van der Waals surface area contributed by atoms with E-state index in [-0.39, 0.29) is 36.5 Å². The minimum atomic E-state index is -0.478. The molecule has 0 atom stereocenters. The summed E-state index contributed by atoms with van der Waals surface area (Å²) in [7, 11) is 0. The molecule has 0 aliphatic carbocycles. The summed E-state index contributed by atoms with van der Waals surface area (Å²) in [4.78, 5) is 49.4. The molecule has 2 N–H and O–H groups in total. The van der Waals surface area contributed by atoms with Crippen molar-refractivity contribution in [3.63, 3.8) is 0 Å². The molecule has 0 aliphatic rings. The number of aryl methyl sites for hydroxylation is 2. The minimum Gasteiger partial charge on any atom is -0.459 e. The molecule has 12 heteroatoms. The molecule has 0 aromatic carbocycles. The van der Waals surface area contributed by atoms with Crippen LogP contribution >= 0.6 is 11.3 Å². The third-order valence-corrected chi connectivity index (χ3v) is 5.00. The molecule has 168 valence electrons. The van der Waals surface area contributed by atoms with Crippen molar-refractivity contribution in [1.29, 1.82) is 0 Å². The van der Waals surface area contributed by atoms with E-state index in [2.05, 4.69) is 30.7 Å². The zero-order valence-electron chi connectivity index (χ0n) is 18.0. The highest BCUT2D eigenvalue weighted by Crippen LogP contribution is 2.24. The second-order valence-corrected chi connectivity index (χ2v) is 7.99. The molecule has 0 aliphatic heterocycles. The van der Waals surface area contributed by atoms with Gasteiger partial charge in [0.2, 0.25) is 17.6 Å². The maximum atomic E-state index is 12.4. The first-order valence-electron chi connectivity index (χ1n) is 9.77. The van der Waals surface area contributed by atoms with Gasteiger partial charge >= 0.3 is 5.97 Å². The van der Waals surface area contributed by atoms with Gasteiger partial charge in [-0.1, -0.05) is 22.6 Å². The summed E-state index contributed by atoms with van der Waals surface area (Å²) >= 11 is 1.04. The van der Waals surface area contributed by atoms with Gasteiger partial charge in [0, 0.05) is 19.9 Å². The van der Waals surface area contributed by atoms with Gasteiger partial charge in [0.15, 0.2) is 5.13 Å². The number of thiazole rings is 1. The number of carbonyl (C=O) groups excluding carboxylic acids is 3. The van der Waals surface area contributed by atoms with E-state index in [4.69, 9.17) is 9.26 Å². The number of aromatic nitrogens is 4. The van der Waals surface area contributed by atoms with Gasteiger partial charge < -0.3 is 19.9 Å². The van der Waals surface area contributed by atoms with Crippen LogP contribution in [0.25, 0.3) is 11.5 Å². The summed E-state index contributed by atoms with van der Waals surface area (Å²) in [6, 6.07) is 4.86. The van der Waals surface area contributed by atoms with Crippen molar-refractivity contribution in [3.8, 4) is 11.5 Å². The van der Waals surface area contributed by atoms with Crippen LogP contribution in [-0.4, -0.2) is 50.5 Å². The molecule has 0 bridgehead atoms. The predicted molar refractivity (Wildman–Crippen MR) is 115 cm³/mol. The average molecular weight is 459 g/mol. The number of amides is 2. The van der Waals surface area contributed by atoms with Crippen molar-refractivity contribution < 1.29 is 23.6 Å². The van der Waals surface area contributed by atoms with Crippen LogP contribution in [0.4, 0.5) is 5.13 Å². The normalized spacial score (nSPS) is 10.8. The fraction of sp³-hybridized carbons (Fsp3) is 0.350. The number of hydrogen-bond donors (Lipinski definition) is 2. The van der Waals surface area contributed by atoms with Crippen molar-refractivity contribution >= 4 is 34.3 Å². The lowest BCUT2D eigenvalue weighted by Crippen LogP contribution is -2.28. The summed E-state index contributed by atoms with van der Waals surface area (Å²) in [5.41, 5.74) is 1.04. The molecule has 0 fully saturated rings. The van der Waals surface area contributed by atoms with E-state index in [9.17, 15) is 14.4 Å². The molecule has 3 aromatic heterocycles. The Morgan fingerprint density at radius 3 is 2.62 bits per heavy atom. The first-order chi connectivity index (χ1) is 15.2. The number of pyridine rings is 1. The lowest BCUT2D eigenvalue weighted by Gasteiger charge is -2.06. The van der Waals surface area contributed by atoms with Gasteiger partial charge in [0.1, 0.15) is 16.3 Å². The number of rotatable bonds is 8. The Morgan fingerprint density at radius 1 is 1.16 bits per heavy atom. The van der Waals surface area contributed by atoms with Crippen molar-refractivity contribution in [1.82, 2.24) is 25.4 Å². The van der Waals surface area contributed by atoms with Gasteiger partial charge in [-0.15, -0.1) is 0 Å². The van der Waals surface area contributed by atoms with E-state index in [1.165, 1.54) is 0 Å². The molecule has 0 unspecified atom stereocenters. The second-order valence-electron chi connectivity index (χ2n) is 6.99. The Labute approximate surface area is 187 Å². The van der Waals surface area contributed by atoms with Gasteiger partial charge in [-0.25, -0.2) is 14.8 Å². The zero-order chi connectivity index (χ0) is 23.3. The van der Waals surface area contributed by atoms with E-state index in [1.54, 1.807) is 45.9 Å². The summed E-state index contributed by atoms with van der Waals surface area (Å²) in [6.45, 7) is 6.92. The number of esters is 1. The Hall–Kier alpha value is -3.67. The Kier molecular flexibility index (Phi) is 7.25. The monoisotopic (exact) mass is 458 g/mol. The highest BCUT2D eigenvalue weighted by molar-refractivity contribution is 7.17. The fourth-order valence-electron chi connectivity index (χ4n) is 2.56. The third-order valence-electron chi connectivity index (χ3n) is 3.95. The van der Waals surface area contributed by atoms with E-state index in [0.717, 1.165) is 11.3 Å². The van der Waals surface area contributed by atoms with Gasteiger partial charge in [0.05, 0.1) is 11.8 Å². The highest BCUT2D eigenvalue weighted by Gasteiger charge is 2.19. The molecular weight excluding hydrogens is 436 g/mol. The lowest BCUT2D eigenvalue weighted by molar-refractivity contribution is -0.116. The maximum Gasteiger partial charge on any atom is 0.350 e. The van der Waals surface area contributed by atoms with Gasteiger partial charge in [-0.3, -0.25) is 9.59 Å². The van der Waals surface area contributed by atoms with Crippen molar-refractivity contribution in [2.24, 2.45) is 0 Å². The van der Waals surface area contributed by atoms with Crippen LogP contribution in [0.15, 0.2) is 22.7 Å². The SMILES string of the molecule is Cc1nc(-c2cccc(C(=O)NCCC(=O)Nc3nc(C)c(C(=O)OC(C)C)s3)n2)no1. The van der Waals surface area contributed by atoms with Crippen LogP contribution in [0.2, 0.25) is 0 Å². The topological polar surface area (TPSA) is 149 Å². The number of nitrogens with one attached hydrogen (secondary N) is 2. The van der Waals surface area contributed by atoms with Crippen LogP contribution in [0.1, 0.15) is 52.0 Å². The number of anilines is 1. The Morgan fingerprint density at radius 2 is 1.94 bits per heavy atom. The smallest absolute Gasteiger partial charge is 0.350 e. The first-order valence-corrected chi connectivity index (χ1v) is 10.6. The molecule has 0 radical (unpaired) electrons. The average Bonchev–Trinajstić information content (AvgIpc) is 3.33. The Bertz CT molecular complexity index is 1140. The van der Waals surface area contributed by atoms with E-state index in [1.807, 2.05) is 0 Å². The molecule has 11 nitrogen and oxygen atoms in total. The number of carbonyl (C=O) groups is 3. The van der Waals surface area contributed by atoms with Crippen LogP contribution < -0.4 is 10.6 Å². The van der Waals surface area contributed by atoms with E-state index < -0.39 is 11.9 Å². The largest absolute Gasteiger partial charge is 0.459 e. The first kappa shape index (κ1) is 23.0. The van der Waals surface area contributed by atoms with Crippen molar-refractivity contribution in [2.75, 3.05) is 11.9 Å². The Balaban J connectivity index is 1.51. The van der Waals surface area contributed by atoms with Crippen LogP contribution in [0.3, 0.4) is 0 Å². The molecular formula is C20H22N6O5S. The summed E-state index contributed by atoms with van der Waals surface area (Å²) in [6.07, 6.45) is -0.239. The predicted octanol–water partition coefficient (Wildman–Crippen LogP) is 2.53. The maximum absolute atomic E-state index is 12.4. The van der Waals surface area contributed by atoms with Crippen molar-refractivity contribution in [2.45, 2.75) is 40.2 Å². The highest BCUT2D eigenvalue weighted by atomic mass is 32.1. The van der Waals surface area contributed by atoms with Gasteiger partial charge in [-0.05, 0) is 32.9 Å². The van der Waals surface area contributed by atoms with Crippen LogP contribution in [-0.2, 0) is 9.53 Å². The lowest BCUT2D eigenvalue weighted by atomic mass is 10.2. The minimum absolute atomic E-state index is 0.0138. The molecule has 32 heavy (non-hydrogen) atoms. The molecule has 3 rings (SSSR count). The molecule has 0 saturated carbocycles. The molecule has 0 saturated heterocycles. The number of nitrogens with zero attached hydrogens (tertiary/aromatic N) is 4. The van der Waals surface area contributed by atoms with Gasteiger partial charge in [0.25, 0.3) is 5.91 Å². The summed E-state index contributed by atoms with van der Waals surface area (Å²) in [5, 5.41) is 9.33. The summed E-state index contributed by atoms with van der Waals surface area (Å²) < 4.78 is 10.1. The second kappa shape index (κ2) is 10.1. The third kappa shape index (κ3) is 5.94. The molecule has 3 aromatic rings. The fourth-order valence-corrected chi connectivity index (χ4v) is 3.42. The van der Waals surface area contributed by atoms with Gasteiger partial charge in [-0.2, -0.15) is 4.98 Å². The summed E-state index contributed by atoms with van der Waals surface area (Å²) in [5.74, 6) is -0.599. The van der Waals surface area contributed by atoms with E-state index >= 15 is 0 Å². The zero-order valence-corrected chi connectivity index (χ0v) is 18.8. The van der Waals surface area contributed by atoms with Crippen LogP contribution in [0.5, 0.6) is 0 Å². The van der Waals surface area contributed by atoms with Crippen LogP contribution in [0, 0.1) is 13.8 Å². The number of hydrogen-bond acceptors (Lipinski definition) is 10. The molecule has 3 heterocycles. The molecule has 2 amide bonds. The molecule has 0 spiro atoms.